The molecule has 2 rings (SSSR count). The Morgan fingerprint density at radius 2 is 1.95 bits per heavy atom. The number of furan rings is 1. The van der Waals surface area contributed by atoms with Crippen LogP contribution in [0.25, 0.3) is 0 Å². The molecule has 0 saturated heterocycles. The predicted molar refractivity (Wildman–Crippen MR) is 74.0 cm³/mol. The van der Waals surface area contributed by atoms with Crippen molar-refractivity contribution >= 4 is 11.8 Å². The molecule has 0 spiro atoms. The standard InChI is InChI=1S/C15H16N2O3/c1-11(12-5-3-2-4-6-12)17-14(18)9-16-15(19)13-7-8-20-10-13/h2-8,10-11H,9H2,1H3,(H,16,19)(H,17,18). The molecule has 104 valence electrons. The molecule has 0 aliphatic carbocycles. The lowest BCUT2D eigenvalue weighted by atomic mass is 10.1. The first-order chi connectivity index (χ1) is 9.66. The van der Waals surface area contributed by atoms with E-state index in [0.29, 0.717) is 5.56 Å². The normalized spacial score (nSPS) is 11.7. The van der Waals surface area contributed by atoms with Crippen molar-refractivity contribution in [3.8, 4) is 0 Å². The van der Waals surface area contributed by atoms with Gasteiger partial charge in [-0.2, -0.15) is 0 Å². The van der Waals surface area contributed by atoms with Crippen molar-refractivity contribution < 1.29 is 14.0 Å². The lowest BCUT2D eigenvalue weighted by Crippen LogP contribution is -2.37. The number of hydrogen-bond donors (Lipinski definition) is 2. The molecular formula is C15H16N2O3. The smallest absolute Gasteiger partial charge is 0.254 e. The van der Waals surface area contributed by atoms with Crippen LogP contribution in [0.5, 0.6) is 0 Å². The van der Waals surface area contributed by atoms with Crippen LogP contribution in [0, 0.1) is 0 Å². The van der Waals surface area contributed by atoms with Gasteiger partial charge in [-0.05, 0) is 18.6 Å². The highest BCUT2D eigenvalue weighted by molar-refractivity contribution is 5.96. The number of benzene rings is 1. The molecule has 0 aliphatic rings. The Morgan fingerprint density at radius 1 is 1.20 bits per heavy atom. The summed E-state index contributed by atoms with van der Waals surface area (Å²) in [6.45, 7) is 1.83. The molecule has 2 N–H and O–H groups in total. The molecule has 0 radical (unpaired) electrons. The Balaban J connectivity index is 1.80. The Bertz CT molecular complexity index is 564. The zero-order valence-electron chi connectivity index (χ0n) is 11.1. The summed E-state index contributed by atoms with van der Waals surface area (Å²) >= 11 is 0. The number of hydrogen-bond acceptors (Lipinski definition) is 3. The largest absolute Gasteiger partial charge is 0.472 e. The van der Waals surface area contributed by atoms with Crippen LogP contribution in [-0.2, 0) is 4.79 Å². The summed E-state index contributed by atoms with van der Waals surface area (Å²) in [5, 5.41) is 5.35. The summed E-state index contributed by atoms with van der Waals surface area (Å²) in [6, 6.07) is 11.1. The van der Waals surface area contributed by atoms with E-state index in [2.05, 4.69) is 10.6 Å². The van der Waals surface area contributed by atoms with Gasteiger partial charge in [0.15, 0.2) is 0 Å². The van der Waals surface area contributed by atoms with E-state index in [1.54, 1.807) is 6.07 Å². The number of carbonyl (C=O) groups excluding carboxylic acids is 2. The average molecular weight is 272 g/mol. The van der Waals surface area contributed by atoms with Gasteiger partial charge in [0.25, 0.3) is 5.91 Å². The van der Waals surface area contributed by atoms with Gasteiger partial charge in [0, 0.05) is 0 Å². The van der Waals surface area contributed by atoms with Crippen molar-refractivity contribution in [1.29, 1.82) is 0 Å². The van der Waals surface area contributed by atoms with Gasteiger partial charge in [-0.3, -0.25) is 9.59 Å². The molecule has 1 heterocycles. The van der Waals surface area contributed by atoms with E-state index < -0.39 is 0 Å². The van der Waals surface area contributed by atoms with Gasteiger partial charge in [-0.1, -0.05) is 30.3 Å². The minimum atomic E-state index is -0.332. The first-order valence-corrected chi connectivity index (χ1v) is 6.31. The third-order valence-corrected chi connectivity index (χ3v) is 2.87. The first-order valence-electron chi connectivity index (χ1n) is 6.31. The van der Waals surface area contributed by atoms with E-state index in [1.807, 2.05) is 37.3 Å². The van der Waals surface area contributed by atoms with Gasteiger partial charge in [-0.15, -0.1) is 0 Å². The van der Waals surface area contributed by atoms with E-state index in [4.69, 9.17) is 4.42 Å². The topological polar surface area (TPSA) is 71.3 Å². The minimum absolute atomic E-state index is 0.0683. The van der Waals surface area contributed by atoms with E-state index in [9.17, 15) is 9.59 Å². The average Bonchev–Trinajstić information content (AvgIpc) is 3.00. The fraction of sp³-hybridized carbons (Fsp3) is 0.200. The van der Waals surface area contributed by atoms with Crippen molar-refractivity contribution in [2.24, 2.45) is 0 Å². The van der Waals surface area contributed by atoms with Crippen molar-refractivity contribution in [3.63, 3.8) is 0 Å². The van der Waals surface area contributed by atoms with Crippen LogP contribution in [0.2, 0.25) is 0 Å². The quantitative estimate of drug-likeness (QED) is 0.873. The number of nitrogens with one attached hydrogen (secondary N) is 2. The van der Waals surface area contributed by atoms with Crippen molar-refractivity contribution in [1.82, 2.24) is 10.6 Å². The highest BCUT2D eigenvalue weighted by Crippen LogP contribution is 2.10. The predicted octanol–water partition coefficient (Wildman–Crippen LogP) is 1.89. The van der Waals surface area contributed by atoms with Crippen LogP contribution < -0.4 is 10.6 Å². The monoisotopic (exact) mass is 272 g/mol. The van der Waals surface area contributed by atoms with E-state index >= 15 is 0 Å². The maximum Gasteiger partial charge on any atom is 0.254 e. The lowest BCUT2D eigenvalue weighted by molar-refractivity contribution is -0.120. The first kappa shape index (κ1) is 13.9. The Kier molecular flexibility index (Phi) is 4.55. The van der Waals surface area contributed by atoms with Crippen LogP contribution in [0.15, 0.2) is 53.3 Å². The number of carbonyl (C=O) groups is 2. The molecule has 1 aromatic heterocycles. The van der Waals surface area contributed by atoms with Crippen molar-refractivity contribution in [3.05, 3.63) is 60.1 Å². The van der Waals surface area contributed by atoms with Crippen LogP contribution in [-0.4, -0.2) is 18.4 Å². The summed E-state index contributed by atoms with van der Waals surface area (Å²) in [4.78, 5) is 23.4. The maximum absolute atomic E-state index is 11.8. The summed E-state index contributed by atoms with van der Waals surface area (Å²) in [5.74, 6) is -0.570. The van der Waals surface area contributed by atoms with Crippen LogP contribution in [0.3, 0.4) is 0 Å². The van der Waals surface area contributed by atoms with Gasteiger partial charge in [-0.25, -0.2) is 0 Å². The van der Waals surface area contributed by atoms with Crippen molar-refractivity contribution in [2.75, 3.05) is 6.54 Å². The molecule has 0 fully saturated rings. The molecule has 0 bridgehead atoms. The fourth-order valence-corrected chi connectivity index (χ4v) is 1.77. The Labute approximate surface area is 117 Å². The summed E-state index contributed by atoms with van der Waals surface area (Å²) in [6.07, 6.45) is 2.74. The minimum Gasteiger partial charge on any atom is -0.472 e. The highest BCUT2D eigenvalue weighted by Gasteiger charge is 2.11. The van der Waals surface area contributed by atoms with Crippen LogP contribution >= 0.6 is 0 Å². The second kappa shape index (κ2) is 6.56. The lowest BCUT2D eigenvalue weighted by Gasteiger charge is -2.14. The van der Waals surface area contributed by atoms with E-state index in [1.165, 1.54) is 12.5 Å². The zero-order chi connectivity index (χ0) is 14.4. The van der Waals surface area contributed by atoms with E-state index in [-0.39, 0.29) is 24.4 Å². The van der Waals surface area contributed by atoms with Gasteiger partial charge >= 0.3 is 0 Å². The molecule has 2 amide bonds. The number of amides is 2. The van der Waals surface area contributed by atoms with Crippen molar-refractivity contribution in [2.45, 2.75) is 13.0 Å². The summed E-state index contributed by atoms with van der Waals surface area (Å²) in [5.41, 5.74) is 1.41. The van der Waals surface area contributed by atoms with Gasteiger partial charge in [0.05, 0.1) is 24.4 Å². The Hall–Kier alpha value is -2.56. The van der Waals surface area contributed by atoms with Gasteiger partial charge in [0.1, 0.15) is 6.26 Å². The zero-order valence-corrected chi connectivity index (χ0v) is 11.1. The molecule has 5 nitrogen and oxygen atoms in total. The number of rotatable bonds is 5. The summed E-state index contributed by atoms with van der Waals surface area (Å²) in [7, 11) is 0. The van der Waals surface area contributed by atoms with Crippen LogP contribution in [0.4, 0.5) is 0 Å². The maximum atomic E-state index is 11.8. The third-order valence-electron chi connectivity index (χ3n) is 2.87. The van der Waals surface area contributed by atoms with Gasteiger partial charge in [0.2, 0.25) is 5.91 Å². The molecule has 0 aliphatic heterocycles. The molecule has 1 unspecified atom stereocenters. The second-order valence-corrected chi connectivity index (χ2v) is 4.39. The van der Waals surface area contributed by atoms with E-state index in [0.717, 1.165) is 5.56 Å². The highest BCUT2D eigenvalue weighted by atomic mass is 16.3. The molecule has 20 heavy (non-hydrogen) atoms. The van der Waals surface area contributed by atoms with Crippen LogP contribution in [0.1, 0.15) is 28.9 Å². The molecule has 1 atom stereocenters. The SMILES string of the molecule is CC(NC(=O)CNC(=O)c1ccoc1)c1ccccc1. The molecule has 1 aromatic carbocycles. The fourth-order valence-electron chi connectivity index (χ4n) is 1.77. The molecule has 2 aromatic rings. The Morgan fingerprint density at radius 3 is 2.60 bits per heavy atom. The second-order valence-electron chi connectivity index (χ2n) is 4.39. The molecular weight excluding hydrogens is 256 g/mol. The summed E-state index contributed by atoms with van der Waals surface area (Å²) < 4.78 is 4.80. The third kappa shape index (κ3) is 3.71. The van der Waals surface area contributed by atoms with Gasteiger partial charge < -0.3 is 15.1 Å². The molecule has 0 saturated carbocycles. The molecule has 5 heteroatoms.